The Morgan fingerprint density at radius 2 is 2.23 bits per heavy atom. The van der Waals surface area contributed by atoms with E-state index in [1.165, 1.54) is 0 Å². The maximum absolute atomic E-state index is 13.0. The summed E-state index contributed by atoms with van der Waals surface area (Å²) in [5.74, 6) is 0. The van der Waals surface area contributed by atoms with Gasteiger partial charge in [-0.3, -0.25) is 4.90 Å². The minimum absolute atomic E-state index is 0.150. The fourth-order valence-electron chi connectivity index (χ4n) is 2.16. The van der Waals surface area contributed by atoms with E-state index < -0.39 is 6.17 Å². The number of alkyl halides is 1. The molecule has 1 heterocycles. The van der Waals surface area contributed by atoms with Gasteiger partial charge >= 0.3 is 0 Å². The first-order valence-electron chi connectivity index (χ1n) is 5.21. The molecule has 13 heavy (non-hydrogen) atoms. The predicted molar refractivity (Wildman–Crippen MR) is 49.3 cm³/mol. The van der Waals surface area contributed by atoms with Crippen molar-refractivity contribution >= 4 is 0 Å². The third-order valence-electron chi connectivity index (χ3n) is 3.30. The standard InChI is InChI=1S/C10H18FNO/c11-9-2-1-5-12(6-9)7-10(8-13)3-4-10/h9,13H,1-8H2. The molecule has 2 fully saturated rings. The minimum atomic E-state index is -0.636. The van der Waals surface area contributed by atoms with Crippen molar-refractivity contribution in [1.29, 1.82) is 0 Å². The number of piperidine rings is 1. The van der Waals surface area contributed by atoms with Gasteiger partial charge in [0.15, 0.2) is 0 Å². The van der Waals surface area contributed by atoms with E-state index in [-0.39, 0.29) is 12.0 Å². The molecule has 1 saturated carbocycles. The van der Waals surface area contributed by atoms with Gasteiger partial charge in [0, 0.05) is 25.1 Å². The second-order valence-corrected chi connectivity index (χ2v) is 4.63. The van der Waals surface area contributed by atoms with Gasteiger partial charge in [-0.1, -0.05) is 0 Å². The molecule has 0 radical (unpaired) electrons. The van der Waals surface area contributed by atoms with Crippen molar-refractivity contribution in [1.82, 2.24) is 4.90 Å². The summed E-state index contributed by atoms with van der Waals surface area (Å²) in [5, 5.41) is 9.13. The summed E-state index contributed by atoms with van der Waals surface area (Å²) >= 11 is 0. The third-order valence-corrected chi connectivity index (χ3v) is 3.30. The molecule has 0 bridgehead atoms. The Morgan fingerprint density at radius 3 is 2.77 bits per heavy atom. The lowest BCUT2D eigenvalue weighted by atomic mass is 10.0. The lowest BCUT2D eigenvalue weighted by molar-refractivity contribution is 0.0944. The van der Waals surface area contributed by atoms with Crippen LogP contribution in [0.1, 0.15) is 25.7 Å². The number of aliphatic hydroxyl groups excluding tert-OH is 1. The topological polar surface area (TPSA) is 23.5 Å². The van der Waals surface area contributed by atoms with Gasteiger partial charge in [0.1, 0.15) is 6.17 Å². The van der Waals surface area contributed by atoms with Crippen molar-refractivity contribution in [2.75, 3.05) is 26.2 Å². The number of rotatable bonds is 3. The van der Waals surface area contributed by atoms with Crippen LogP contribution in [0.3, 0.4) is 0 Å². The van der Waals surface area contributed by atoms with Crippen LogP contribution in [-0.4, -0.2) is 42.4 Å². The average Bonchev–Trinajstić information content (AvgIpc) is 2.86. The number of hydrogen-bond acceptors (Lipinski definition) is 2. The summed E-state index contributed by atoms with van der Waals surface area (Å²) in [6.07, 6.45) is 3.31. The molecule has 2 nitrogen and oxygen atoms in total. The van der Waals surface area contributed by atoms with Crippen LogP contribution in [0, 0.1) is 5.41 Å². The van der Waals surface area contributed by atoms with Crippen molar-refractivity contribution in [2.24, 2.45) is 5.41 Å². The molecule has 2 rings (SSSR count). The average molecular weight is 187 g/mol. The molecule has 2 aliphatic rings. The number of likely N-dealkylation sites (tertiary alicyclic amines) is 1. The zero-order valence-electron chi connectivity index (χ0n) is 8.01. The summed E-state index contributed by atoms with van der Waals surface area (Å²) in [4.78, 5) is 2.18. The Balaban J connectivity index is 1.80. The van der Waals surface area contributed by atoms with Crippen LogP contribution >= 0.6 is 0 Å². The Morgan fingerprint density at radius 1 is 1.46 bits per heavy atom. The Kier molecular flexibility index (Phi) is 2.56. The normalized spacial score (nSPS) is 33.2. The maximum atomic E-state index is 13.0. The molecule has 1 aliphatic heterocycles. The fourth-order valence-corrected chi connectivity index (χ4v) is 2.16. The number of halogens is 1. The van der Waals surface area contributed by atoms with E-state index in [0.29, 0.717) is 6.54 Å². The molecule has 0 aromatic heterocycles. The van der Waals surface area contributed by atoms with Gasteiger partial charge < -0.3 is 5.11 Å². The van der Waals surface area contributed by atoms with Gasteiger partial charge in [0.05, 0.1) is 0 Å². The monoisotopic (exact) mass is 187 g/mol. The summed E-state index contributed by atoms with van der Waals surface area (Å²) in [7, 11) is 0. The van der Waals surface area contributed by atoms with Gasteiger partial charge in [0.25, 0.3) is 0 Å². The molecule has 1 aliphatic carbocycles. The van der Waals surface area contributed by atoms with Gasteiger partial charge in [-0.25, -0.2) is 4.39 Å². The molecule has 0 amide bonds. The lowest BCUT2D eigenvalue weighted by Crippen LogP contribution is -2.40. The second-order valence-electron chi connectivity index (χ2n) is 4.63. The predicted octanol–water partition coefficient (Wildman–Crippen LogP) is 1.19. The summed E-state index contributed by atoms with van der Waals surface area (Å²) in [6, 6.07) is 0. The Hall–Kier alpha value is -0.150. The molecule has 1 saturated heterocycles. The first-order chi connectivity index (χ1) is 6.24. The quantitative estimate of drug-likeness (QED) is 0.717. The van der Waals surface area contributed by atoms with Gasteiger partial charge in [-0.2, -0.15) is 0 Å². The molecule has 0 aromatic rings. The molecule has 0 aromatic carbocycles. The van der Waals surface area contributed by atoms with Crippen molar-refractivity contribution in [2.45, 2.75) is 31.9 Å². The number of nitrogens with zero attached hydrogens (tertiary/aromatic N) is 1. The Labute approximate surface area is 78.7 Å². The highest BCUT2D eigenvalue weighted by molar-refractivity contribution is 4.95. The molecule has 1 atom stereocenters. The van der Waals surface area contributed by atoms with E-state index in [1.807, 2.05) is 0 Å². The highest BCUT2D eigenvalue weighted by atomic mass is 19.1. The number of hydrogen-bond donors (Lipinski definition) is 1. The summed E-state index contributed by atoms with van der Waals surface area (Å²) in [6.45, 7) is 2.79. The summed E-state index contributed by atoms with van der Waals surface area (Å²) in [5.41, 5.74) is 0.150. The van der Waals surface area contributed by atoms with Crippen LogP contribution < -0.4 is 0 Å². The third kappa shape index (κ3) is 2.20. The van der Waals surface area contributed by atoms with Crippen LogP contribution in [0.4, 0.5) is 4.39 Å². The van der Waals surface area contributed by atoms with Crippen molar-refractivity contribution in [3.05, 3.63) is 0 Å². The molecular weight excluding hydrogens is 169 g/mol. The van der Waals surface area contributed by atoms with Crippen LogP contribution in [0.15, 0.2) is 0 Å². The molecule has 76 valence electrons. The van der Waals surface area contributed by atoms with Gasteiger partial charge in [-0.15, -0.1) is 0 Å². The zero-order valence-corrected chi connectivity index (χ0v) is 8.01. The first kappa shape index (κ1) is 9.41. The molecule has 1 unspecified atom stereocenters. The van der Waals surface area contributed by atoms with Gasteiger partial charge in [-0.05, 0) is 32.2 Å². The molecular formula is C10H18FNO. The SMILES string of the molecule is OCC1(CN2CCCC(F)C2)CC1. The highest BCUT2D eigenvalue weighted by Crippen LogP contribution is 2.45. The van der Waals surface area contributed by atoms with E-state index in [4.69, 9.17) is 5.11 Å². The van der Waals surface area contributed by atoms with Crippen LogP contribution in [0.5, 0.6) is 0 Å². The van der Waals surface area contributed by atoms with Crippen molar-refractivity contribution in [3.8, 4) is 0 Å². The maximum Gasteiger partial charge on any atom is 0.113 e. The van der Waals surface area contributed by atoms with Crippen molar-refractivity contribution < 1.29 is 9.50 Å². The first-order valence-corrected chi connectivity index (χ1v) is 5.21. The highest BCUT2D eigenvalue weighted by Gasteiger charge is 2.43. The Bertz CT molecular complexity index is 182. The molecule has 1 N–H and O–H groups in total. The number of aliphatic hydroxyl groups is 1. The van der Waals surface area contributed by atoms with Gasteiger partial charge in [0.2, 0.25) is 0 Å². The second kappa shape index (κ2) is 3.54. The molecule has 3 heteroatoms. The van der Waals surface area contributed by atoms with E-state index >= 15 is 0 Å². The van der Waals surface area contributed by atoms with Crippen LogP contribution in [0.25, 0.3) is 0 Å². The summed E-state index contributed by atoms with van der Waals surface area (Å²) < 4.78 is 13.0. The van der Waals surface area contributed by atoms with Crippen molar-refractivity contribution in [3.63, 3.8) is 0 Å². The van der Waals surface area contributed by atoms with Crippen LogP contribution in [-0.2, 0) is 0 Å². The lowest BCUT2D eigenvalue weighted by Gasteiger charge is -2.31. The zero-order chi connectivity index (χ0) is 9.31. The van der Waals surface area contributed by atoms with Crippen LogP contribution in [0.2, 0.25) is 0 Å². The molecule has 0 spiro atoms. The minimum Gasteiger partial charge on any atom is -0.396 e. The smallest absolute Gasteiger partial charge is 0.113 e. The van der Waals surface area contributed by atoms with E-state index in [2.05, 4.69) is 4.90 Å². The largest absolute Gasteiger partial charge is 0.396 e. The van der Waals surface area contributed by atoms with E-state index in [0.717, 1.165) is 38.8 Å². The fraction of sp³-hybridized carbons (Fsp3) is 1.00. The van der Waals surface area contributed by atoms with E-state index in [1.54, 1.807) is 0 Å². The van der Waals surface area contributed by atoms with E-state index in [9.17, 15) is 4.39 Å².